The molecule has 0 aliphatic carbocycles. The van der Waals surface area contributed by atoms with E-state index in [4.69, 9.17) is 12.2 Å². The first kappa shape index (κ1) is 12.3. The Morgan fingerprint density at radius 1 is 1.29 bits per heavy atom. The zero-order valence-corrected chi connectivity index (χ0v) is 10.6. The zero-order valence-electron chi connectivity index (χ0n) is 9.80. The summed E-state index contributed by atoms with van der Waals surface area (Å²) in [7, 11) is 0. The second-order valence-electron chi connectivity index (χ2n) is 4.36. The molecule has 0 radical (unpaired) electrons. The molecule has 92 valence electrons. The Balaban J connectivity index is 1.78. The average molecular weight is 250 g/mol. The maximum atomic E-state index is 9.43. The molecule has 0 bridgehead atoms. The minimum absolute atomic E-state index is 0.150. The van der Waals surface area contributed by atoms with Crippen molar-refractivity contribution < 1.29 is 5.11 Å². The Labute approximate surface area is 107 Å². The van der Waals surface area contributed by atoms with Crippen LogP contribution in [0.4, 0.5) is 0 Å². The summed E-state index contributed by atoms with van der Waals surface area (Å²) in [6.07, 6.45) is 1.48. The molecule has 2 rings (SSSR count). The number of hydrogen-bond acceptors (Lipinski definition) is 2. The van der Waals surface area contributed by atoms with Crippen LogP contribution in [-0.4, -0.2) is 34.3 Å². The van der Waals surface area contributed by atoms with Gasteiger partial charge in [-0.25, -0.2) is 0 Å². The van der Waals surface area contributed by atoms with Crippen molar-refractivity contribution in [3.63, 3.8) is 0 Å². The molecule has 0 unspecified atom stereocenters. The van der Waals surface area contributed by atoms with E-state index < -0.39 is 0 Å². The van der Waals surface area contributed by atoms with Crippen LogP contribution in [0.5, 0.6) is 0 Å². The van der Waals surface area contributed by atoms with Gasteiger partial charge in [0.05, 0.1) is 6.10 Å². The predicted molar refractivity (Wildman–Crippen MR) is 72.7 cm³/mol. The van der Waals surface area contributed by atoms with Gasteiger partial charge in [0.1, 0.15) is 0 Å². The van der Waals surface area contributed by atoms with Crippen LogP contribution in [-0.2, 0) is 6.54 Å². The molecular formula is C13H18N2OS. The van der Waals surface area contributed by atoms with Crippen LogP contribution in [0.2, 0.25) is 0 Å². The molecule has 1 aromatic rings. The van der Waals surface area contributed by atoms with E-state index >= 15 is 0 Å². The second-order valence-corrected chi connectivity index (χ2v) is 4.75. The lowest BCUT2D eigenvalue weighted by Gasteiger charge is -2.31. The summed E-state index contributed by atoms with van der Waals surface area (Å²) in [5.74, 6) is 0. The van der Waals surface area contributed by atoms with Gasteiger partial charge in [0, 0.05) is 19.6 Å². The number of thiocarbonyl (C=S) groups is 1. The monoisotopic (exact) mass is 250 g/mol. The number of piperidine rings is 1. The van der Waals surface area contributed by atoms with Gasteiger partial charge >= 0.3 is 0 Å². The van der Waals surface area contributed by atoms with E-state index in [9.17, 15) is 5.11 Å². The highest BCUT2D eigenvalue weighted by Crippen LogP contribution is 2.10. The van der Waals surface area contributed by atoms with Crippen LogP contribution in [0.1, 0.15) is 18.4 Å². The molecule has 3 nitrogen and oxygen atoms in total. The van der Waals surface area contributed by atoms with Crippen LogP contribution in [0, 0.1) is 0 Å². The molecule has 2 N–H and O–H groups in total. The highest BCUT2D eigenvalue weighted by Gasteiger charge is 2.18. The maximum absolute atomic E-state index is 9.43. The highest BCUT2D eigenvalue weighted by molar-refractivity contribution is 7.80. The van der Waals surface area contributed by atoms with Crippen molar-refractivity contribution in [3.8, 4) is 0 Å². The molecule has 1 saturated heterocycles. The summed E-state index contributed by atoms with van der Waals surface area (Å²) >= 11 is 5.34. The largest absolute Gasteiger partial charge is 0.393 e. The van der Waals surface area contributed by atoms with Crippen molar-refractivity contribution >= 4 is 17.3 Å². The highest BCUT2D eigenvalue weighted by atomic mass is 32.1. The van der Waals surface area contributed by atoms with E-state index in [0.717, 1.165) is 37.6 Å². The molecule has 0 amide bonds. The lowest BCUT2D eigenvalue weighted by molar-refractivity contribution is 0.109. The standard InChI is InChI=1S/C13H18N2OS/c16-12-6-8-15(9-7-12)13(17)14-10-11-4-2-1-3-5-11/h1-5,12,16H,6-10H2,(H,14,17). The van der Waals surface area contributed by atoms with E-state index in [1.165, 1.54) is 5.56 Å². The topological polar surface area (TPSA) is 35.5 Å². The van der Waals surface area contributed by atoms with Crippen molar-refractivity contribution in [1.29, 1.82) is 0 Å². The van der Waals surface area contributed by atoms with Gasteiger partial charge in [0.15, 0.2) is 5.11 Å². The number of likely N-dealkylation sites (tertiary alicyclic amines) is 1. The molecule has 1 fully saturated rings. The van der Waals surface area contributed by atoms with E-state index in [-0.39, 0.29) is 6.10 Å². The van der Waals surface area contributed by atoms with Crippen molar-refractivity contribution in [1.82, 2.24) is 10.2 Å². The summed E-state index contributed by atoms with van der Waals surface area (Å²) in [6, 6.07) is 10.2. The lowest BCUT2D eigenvalue weighted by atomic mass is 10.1. The number of nitrogens with zero attached hydrogens (tertiary/aromatic N) is 1. The molecule has 17 heavy (non-hydrogen) atoms. The minimum atomic E-state index is -0.150. The van der Waals surface area contributed by atoms with Crippen LogP contribution < -0.4 is 5.32 Å². The van der Waals surface area contributed by atoms with Crippen molar-refractivity contribution in [2.45, 2.75) is 25.5 Å². The SMILES string of the molecule is OC1CCN(C(=S)NCc2ccccc2)CC1. The molecular weight excluding hydrogens is 232 g/mol. The molecule has 0 atom stereocenters. The number of aliphatic hydroxyl groups is 1. The third-order valence-corrected chi connectivity index (χ3v) is 3.44. The predicted octanol–water partition coefficient (Wildman–Crippen LogP) is 1.52. The van der Waals surface area contributed by atoms with Crippen LogP contribution in [0.25, 0.3) is 0 Å². The maximum Gasteiger partial charge on any atom is 0.169 e. The summed E-state index contributed by atoms with van der Waals surface area (Å²) in [4.78, 5) is 2.13. The number of rotatable bonds is 2. The minimum Gasteiger partial charge on any atom is -0.393 e. The second kappa shape index (κ2) is 5.98. The van der Waals surface area contributed by atoms with Gasteiger partial charge in [-0.3, -0.25) is 0 Å². The Morgan fingerprint density at radius 2 is 1.94 bits per heavy atom. The first-order valence-electron chi connectivity index (χ1n) is 6.00. The third-order valence-electron chi connectivity index (χ3n) is 3.04. The van der Waals surface area contributed by atoms with Gasteiger partial charge in [0.25, 0.3) is 0 Å². The van der Waals surface area contributed by atoms with Crippen LogP contribution in [0.3, 0.4) is 0 Å². The van der Waals surface area contributed by atoms with E-state index in [1.807, 2.05) is 18.2 Å². The molecule has 4 heteroatoms. The number of nitrogens with one attached hydrogen (secondary N) is 1. The van der Waals surface area contributed by atoms with Crippen molar-refractivity contribution in [3.05, 3.63) is 35.9 Å². The number of benzene rings is 1. The summed E-state index contributed by atoms with van der Waals surface area (Å²) in [6.45, 7) is 2.46. The number of aliphatic hydroxyl groups excluding tert-OH is 1. The zero-order chi connectivity index (χ0) is 12.1. The van der Waals surface area contributed by atoms with Crippen molar-refractivity contribution in [2.24, 2.45) is 0 Å². The third kappa shape index (κ3) is 3.68. The van der Waals surface area contributed by atoms with Gasteiger partial charge in [-0.2, -0.15) is 0 Å². The van der Waals surface area contributed by atoms with Gasteiger partial charge < -0.3 is 15.3 Å². The normalized spacial score (nSPS) is 16.9. The molecule has 1 aliphatic heterocycles. The van der Waals surface area contributed by atoms with Crippen LogP contribution >= 0.6 is 12.2 Å². The van der Waals surface area contributed by atoms with Crippen LogP contribution in [0.15, 0.2) is 30.3 Å². The number of hydrogen-bond donors (Lipinski definition) is 2. The Morgan fingerprint density at radius 3 is 2.59 bits per heavy atom. The Bertz CT molecular complexity index is 361. The first-order chi connectivity index (χ1) is 8.25. The van der Waals surface area contributed by atoms with E-state index in [2.05, 4.69) is 22.3 Å². The summed E-state index contributed by atoms with van der Waals surface area (Å²) in [5.41, 5.74) is 1.23. The fraction of sp³-hybridized carbons (Fsp3) is 0.462. The Kier molecular flexibility index (Phi) is 4.34. The van der Waals surface area contributed by atoms with E-state index in [0.29, 0.717) is 0 Å². The van der Waals surface area contributed by atoms with E-state index in [1.54, 1.807) is 0 Å². The molecule has 1 aliphatic rings. The molecule has 0 aromatic heterocycles. The first-order valence-corrected chi connectivity index (χ1v) is 6.41. The van der Waals surface area contributed by atoms with Gasteiger partial charge in [0.2, 0.25) is 0 Å². The summed E-state index contributed by atoms with van der Waals surface area (Å²) in [5, 5.41) is 13.5. The average Bonchev–Trinajstić information content (AvgIpc) is 2.38. The lowest BCUT2D eigenvalue weighted by Crippen LogP contribution is -2.45. The van der Waals surface area contributed by atoms with Gasteiger partial charge in [-0.05, 0) is 30.6 Å². The molecule has 0 saturated carbocycles. The molecule has 0 spiro atoms. The smallest absolute Gasteiger partial charge is 0.169 e. The fourth-order valence-corrected chi connectivity index (χ4v) is 2.21. The van der Waals surface area contributed by atoms with Crippen molar-refractivity contribution in [2.75, 3.05) is 13.1 Å². The fourth-order valence-electron chi connectivity index (χ4n) is 1.95. The quantitative estimate of drug-likeness (QED) is 0.780. The Hall–Kier alpha value is -1.13. The molecule has 1 aromatic carbocycles. The van der Waals surface area contributed by atoms with Gasteiger partial charge in [-0.15, -0.1) is 0 Å². The van der Waals surface area contributed by atoms with Gasteiger partial charge in [-0.1, -0.05) is 30.3 Å². The summed E-state index contributed by atoms with van der Waals surface area (Å²) < 4.78 is 0. The molecule has 1 heterocycles.